The van der Waals surface area contributed by atoms with Gasteiger partial charge in [0.15, 0.2) is 5.58 Å². The Labute approximate surface area is 94.2 Å². The maximum Gasteiger partial charge on any atom is 0.323 e. The van der Waals surface area contributed by atoms with Gasteiger partial charge in [-0.3, -0.25) is 5.32 Å². The minimum absolute atomic E-state index is 0.220. The highest BCUT2D eigenvalue weighted by Gasteiger charge is 2.08. The molecule has 0 radical (unpaired) electrons. The van der Waals surface area contributed by atoms with Gasteiger partial charge in [-0.25, -0.2) is 0 Å². The van der Waals surface area contributed by atoms with Crippen molar-refractivity contribution in [3.05, 3.63) is 29.6 Å². The van der Waals surface area contributed by atoms with Crippen molar-refractivity contribution in [2.45, 2.75) is 0 Å². The van der Waals surface area contributed by atoms with Gasteiger partial charge < -0.3 is 8.83 Å². The van der Waals surface area contributed by atoms with Crippen LogP contribution < -0.4 is 5.32 Å². The second kappa shape index (κ2) is 3.49. The summed E-state index contributed by atoms with van der Waals surface area (Å²) in [5.41, 5.74) is 1.29. The number of rotatable bonds is 2. The number of halogens is 1. The fourth-order valence-corrected chi connectivity index (χ4v) is 1.43. The molecule has 0 aliphatic carbocycles. The van der Waals surface area contributed by atoms with Crippen molar-refractivity contribution in [1.29, 1.82) is 0 Å². The van der Waals surface area contributed by atoms with Gasteiger partial charge in [-0.2, -0.15) is 4.98 Å². The zero-order chi connectivity index (χ0) is 11.0. The fourth-order valence-electron chi connectivity index (χ4n) is 1.27. The molecular formula is C9H5ClN4O2. The Morgan fingerprint density at radius 3 is 3.00 bits per heavy atom. The lowest BCUT2D eigenvalue weighted by molar-refractivity contribution is 0.559. The van der Waals surface area contributed by atoms with Gasteiger partial charge in [-0.05, 0) is 12.1 Å². The van der Waals surface area contributed by atoms with Gasteiger partial charge in [0.25, 0.3) is 0 Å². The predicted molar refractivity (Wildman–Crippen MR) is 56.6 cm³/mol. The minimum atomic E-state index is 0.220. The molecule has 1 N–H and O–H groups in total. The van der Waals surface area contributed by atoms with Crippen molar-refractivity contribution in [3.8, 4) is 0 Å². The first-order valence-electron chi connectivity index (χ1n) is 4.40. The molecule has 80 valence electrons. The van der Waals surface area contributed by atoms with E-state index in [1.54, 1.807) is 18.2 Å². The number of hydrogen-bond donors (Lipinski definition) is 1. The Bertz CT molecular complexity index is 620. The van der Waals surface area contributed by atoms with Crippen molar-refractivity contribution in [3.63, 3.8) is 0 Å². The molecule has 0 unspecified atom stereocenters. The van der Waals surface area contributed by atoms with E-state index in [4.69, 9.17) is 20.4 Å². The third kappa shape index (κ3) is 1.59. The molecule has 0 aliphatic rings. The number of anilines is 2. The second-order valence-corrected chi connectivity index (χ2v) is 3.44. The third-order valence-corrected chi connectivity index (χ3v) is 2.16. The maximum absolute atomic E-state index is 5.82. The molecule has 0 saturated carbocycles. The number of benzene rings is 1. The van der Waals surface area contributed by atoms with E-state index in [2.05, 4.69) is 20.5 Å². The van der Waals surface area contributed by atoms with Crippen LogP contribution in [0.3, 0.4) is 0 Å². The average Bonchev–Trinajstić information content (AvgIpc) is 2.86. The average molecular weight is 237 g/mol. The predicted octanol–water partition coefficient (Wildman–Crippen LogP) is 2.61. The molecule has 6 nitrogen and oxygen atoms in total. The third-order valence-electron chi connectivity index (χ3n) is 1.92. The van der Waals surface area contributed by atoms with Crippen LogP contribution in [0.25, 0.3) is 11.1 Å². The lowest BCUT2D eigenvalue weighted by Gasteiger charge is -1.90. The minimum Gasteiger partial charge on any atom is -0.423 e. The number of hydrogen-bond acceptors (Lipinski definition) is 6. The van der Waals surface area contributed by atoms with E-state index in [0.717, 1.165) is 0 Å². The van der Waals surface area contributed by atoms with Gasteiger partial charge in [0.05, 0.1) is 0 Å². The highest BCUT2D eigenvalue weighted by molar-refractivity contribution is 6.31. The monoisotopic (exact) mass is 236 g/mol. The SMILES string of the molecule is Clc1ccc2nc(Nc3nnco3)oc2c1. The molecule has 0 bridgehead atoms. The molecule has 0 fully saturated rings. The topological polar surface area (TPSA) is 77.0 Å². The summed E-state index contributed by atoms with van der Waals surface area (Å²) in [4.78, 5) is 4.16. The number of fused-ring (bicyclic) bond motifs is 1. The van der Waals surface area contributed by atoms with E-state index in [0.29, 0.717) is 16.1 Å². The number of nitrogens with one attached hydrogen (secondary N) is 1. The Balaban J connectivity index is 1.99. The zero-order valence-electron chi connectivity index (χ0n) is 7.85. The standard InChI is InChI=1S/C9H5ClN4O2/c10-5-1-2-6-7(3-5)16-8(12-6)13-9-14-11-4-15-9/h1-4H,(H,12,13,14). The summed E-state index contributed by atoms with van der Waals surface area (Å²) in [6.07, 6.45) is 1.21. The molecule has 1 aromatic carbocycles. The van der Waals surface area contributed by atoms with Gasteiger partial charge in [0.1, 0.15) is 5.52 Å². The van der Waals surface area contributed by atoms with Crippen molar-refractivity contribution >= 4 is 34.7 Å². The quantitative estimate of drug-likeness (QED) is 0.737. The Kier molecular flexibility index (Phi) is 2.00. The summed E-state index contributed by atoms with van der Waals surface area (Å²) in [5, 5.41) is 10.5. The van der Waals surface area contributed by atoms with Crippen molar-refractivity contribution < 1.29 is 8.83 Å². The number of aromatic nitrogens is 3. The van der Waals surface area contributed by atoms with E-state index in [9.17, 15) is 0 Å². The molecule has 0 spiro atoms. The van der Waals surface area contributed by atoms with Gasteiger partial charge in [-0.15, -0.1) is 5.10 Å². The van der Waals surface area contributed by atoms with Crippen LogP contribution in [-0.4, -0.2) is 15.2 Å². The van der Waals surface area contributed by atoms with E-state index in [1.165, 1.54) is 6.39 Å². The van der Waals surface area contributed by atoms with Crippen LogP contribution in [0.1, 0.15) is 0 Å². The smallest absolute Gasteiger partial charge is 0.323 e. The van der Waals surface area contributed by atoms with Crippen LogP contribution in [0.2, 0.25) is 5.02 Å². The summed E-state index contributed by atoms with van der Waals surface area (Å²) >= 11 is 5.82. The molecule has 2 heterocycles. The van der Waals surface area contributed by atoms with Gasteiger partial charge >= 0.3 is 12.0 Å². The lowest BCUT2D eigenvalue weighted by Crippen LogP contribution is -1.89. The zero-order valence-corrected chi connectivity index (χ0v) is 8.60. The normalized spacial score (nSPS) is 10.8. The Morgan fingerprint density at radius 2 is 2.19 bits per heavy atom. The molecule has 0 saturated heterocycles. The van der Waals surface area contributed by atoms with Crippen LogP contribution in [-0.2, 0) is 0 Å². The van der Waals surface area contributed by atoms with Crippen LogP contribution >= 0.6 is 11.6 Å². The first-order chi connectivity index (χ1) is 7.81. The maximum atomic E-state index is 5.82. The lowest BCUT2D eigenvalue weighted by atomic mass is 10.3. The number of oxazole rings is 1. The molecule has 3 aromatic rings. The van der Waals surface area contributed by atoms with E-state index in [1.807, 2.05) is 0 Å². The van der Waals surface area contributed by atoms with E-state index in [-0.39, 0.29) is 12.0 Å². The summed E-state index contributed by atoms with van der Waals surface area (Å²) in [5.74, 6) is 0. The highest BCUT2D eigenvalue weighted by Crippen LogP contribution is 2.23. The molecular weight excluding hydrogens is 232 g/mol. The van der Waals surface area contributed by atoms with Crippen molar-refractivity contribution in [2.24, 2.45) is 0 Å². The van der Waals surface area contributed by atoms with E-state index < -0.39 is 0 Å². The highest BCUT2D eigenvalue weighted by atomic mass is 35.5. The van der Waals surface area contributed by atoms with Crippen LogP contribution in [0.4, 0.5) is 12.0 Å². The van der Waals surface area contributed by atoms with E-state index >= 15 is 0 Å². The van der Waals surface area contributed by atoms with Gasteiger partial charge in [-0.1, -0.05) is 16.7 Å². The van der Waals surface area contributed by atoms with Crippen LogP contribution in [0.15, 0.2) is 33.4 Å². The van der Waals surface area contributed by atoms with Gasteiger partial charge in [0, 0.05) is 11.1 Å². The molecule has 3 rings (SSSR count). The molecule has 0 atom stereocenters. The number of nitrogens with zero attached hydrogens (tertiary/aromatic N) is 3. The first kappa shape index (κ1) is 9.17. The van der Waals surface area contributed by atoms with Crippen molar-refractivity contribution in [2.75, 3.05) is 5.32 Å². The molecule has 16 heavy (non-hydrogen) atoms. The van der Waals surface area contributed by atoms with Crippen LogP contribution in [0.5, 0.6) is 0 Å². The molecule has 0 aliphatic heterocycles. The Hall–Kier alpha value is -2.08. The summed E-state index contributed by atoms with van der Waals surface area (Å²) in [7, 11) is 0. The van der Waals surface area contributed by atoms with Crippen LogP contribution in [0, 0.1) is 0 Å². The first-order valence-corrected chi connectivity index (χ1v) is 4.78. The fraction of sp³-hybridized carbons (Fsp3) is 0. The van der Waals surface area contributed by atoms with Gasteiger partial charge in [0.2, 0.25) is 6.39 Å². The molecule has 7 heteroatoms. The Morgan fingerprint density at radius 1 is 1.25 bits per heavy atom. The molecule has 2 aromatic heterocycles. The second-order valence-electron chi connectivity index (χ2n) is 3.00. The summed E-state index contributed by atoms with van der Waals surface area (Å²) in [6, 6.07) is 5.69. The van der Waals surface area contributed by atoms with Crippen molar-refractivity contribution in [1.82, 2.24) is 15.2 Å². The molecule has 0 amide bonds. The largest absolute Gasteiger partial charge is 0.423 e. The summed E-state index contributed by atoms with van der Waals surface area (Å²) in [6.45, 7) is 0. The summed E-state index contributed by atoms with van der Waals surface area (Å²) < 4.78 is 10.3.